The molecule has 5 heteroatoms. The summed E-state index contributed by atoms with van der Waals surface area (Å²) in [6, 6.07) is 0. The average Bonchev–Trinajstić information content (AvgIpc) is 2.87. The standard InChI is InChI=1S/C11H20N4O/c1-2-15-10(13-8-14-15)6-11(7-12)5-3-4-9(11)16/h8-9,16H,2-7,12H2,1H3. The summed E-state index contributed by atoms with van der Waals surface area (Å²) in [6.45, 7) is 3.37. The molecule has 2 atom stereocenters. The lowest BCUT2D eigenvalue weighted by molar-refractivity contribution is 0.0565. The lowest BCUT2D eigenvalue weighted by Crippen LogP contribution is -2.40. The molecule has 16 heavy (non-hydrogen) atoms. The van der Waals surface area contributed by atoms with E-state index in [1.165, 1.54) is 0 Å². The van der Waals surface area contributed by atoms with Crippen molar-refractivity contribution in [1.29, 1.82) is 0 Å². The SMILES string of the molecule is CCn1ncnc1CC1(CN)CCCC1O. The molecule has 0 bridgehead atoms. The third kappa shape index (κ3) is 1.85. The second-order valence-corrected chi connectivity index (χ2v) is 4.64. The molecule has 1 fully saturated rings. The van der Waals surface area contributed by atoms with Crippen molar-refractivity contribution in [1.82, 2.24) is 14.8 Å². The van der Waals surface area contributed by atoms with Gasteiger partial charge in [0.05, 0.1) is 6.10 Å². The van der Waals surface area contributed by atoms with Crippen LogP contribution in [0.4, 0.5) is 0 Å². The molecule has 1 heterocycles. The van der Waals surface area contributed by atoms with Gasteiger partial charge in [0.2, 0.25) is 0 Å². The Kier molecular flexibility index (Phi) is 3.25. The Hall–Kier alpha value is -0.940. The Morgan fingerprint density at radius 3 is 3.06 bits per heavy atom. The maximum absolute atomic E-state index is 10.1. The van der Waals surface area contributed by atoms with E-state index in [0.29, 0.717) is 6.54 Å². The average molecular weight is 224 g/mol. The van der Waals surface area contributed by atoms with Gasteiger partial charge >= 0.3 is 0 Å². The van der Waals surface area contributed by atoms with E-state index in [9.17, 15) is 5.11 Å². The van der Waals surface area contributed by atoms with Crippen LogP contribution in [-0.4, -0.2) is 32.5 Å². The van der Waals surface area contributed by atoms with E-state index < -0.39 is 0 Å². The molecule has 0 aliphatic heterocycles. The van der Waals surface area contributed by atoms with Crippen molar-refractivity contribution in [3.63, 3.8) is 0 Å². The van der Waals surface area contributed by atoms with Crippen LogP contribution >= 0.6 is 0 Å². The second-order valence-electron chi connectivity index (χ2n) is 4.64. The van der Waals surface area contributed by atoms with Crippen molar-refractivity contribution in [2.45, 2.75) is 45.3 Å². The normalized spacial score (nSPS) is 29.8. The quantitative estimate of drug-likeness (QED) is 0.772. The molecular weight excluding hydrogens is 204 g/mol. The van der Waals surface area contributed by atoms with Gasteiger partial charge in [-0.25, -0.2) is 4.98 Å². The summed E-state index contributed by atoms with van der Waals surface area (Å²) in [5, 5.41) is 14.2. The molecule has 1 aliphatic rings. The fourth-order valence-electron chi connectivity index (χ4n) is 2.64. The monoisotopic (exact) mass is 224 g/mol. The summed E-state index contributed by atoms with van der Waals surface area (Å²) < 4.78 is 1.88. The zero-order valence-electron chi connectivity index (χ0n) is 9.76. The van der Waals surface area contributed by atoms with Gasteiger partial charge in [-0.1, -0.05) is 6.42 Å². The summed E-state index contributed by atoms with van der Waals surface area (Å²) in [7, 11) is 0. The molecule has 90 valence electrons. The molecule has 0 amide bonds. The number of aryl methyl sites for hydroxylation is 1. The van der Waals surface area contributed by atoms with Gasteiger partial charge in [-0.05, 0) is 19.8 Å². The van der Waals surface area contributed by atoms with Crippen LogP contribution < -0.4 is 5.73 Å². The highest BCUT2D eigenvalue weighted by Crippen LogP contribution is 2.39. The Balaban J connectivity index is 2.18. The summed E-state index contributed by atoms with van der Waals surface area (Å²) >= 11 is 0. The molecule has 1 aromatic rings. The van der Waals surface area contributed by atoms with Crippen LogP contribution in [0.2, 0.25) is 0 Å². The highest BCUT2D eigenvalue weighted by atomic mass is 16.3. The highest BCUT2D eigenvalue weighted by molar-refractivity contribution is 5.01. The molecule has 2 unspecified atom stereocenters. The summed E-state index contributed by atoms with van der Waals surface area (Å²) in [6.07, 6.45) is 4.92. The molecule has 0 spiro atoms. The first-order valence-electron chi connectivity index (χ1n) is 5.96. The Morgan fingerprint density at radius 1 is 1.69 bits per heavy atom. The minimum atomic E-state index is -0.292. The third-order valence-electron chi connectivity index (χ3n) is 3.77. The summed E-state index contributed by atoms with van der Waals surface area (Å²) in [4.78, 5) is 4.26. The van der Waals surface area contributed by atoms with Crippen molar-refractivity contribution in [3.05, 3.63) is 12.2 Å². The number of hydrogen-bond donors (Lipinski definition) is 2. The first-order valence-corrected chi connectivity index (χ1v) is 5.96. The summed E-state index contributed by atoms with van der Waals surface area (Å²) in [5.74, 6) is 0.939. The van der Waals surface area contributed by atoms with Gasteiger partial charge in [0.25, 0.3) is 0 Å². The highest BCUT2D eigenvalue weighted by Gasteiger charge is 2.41. The molecule has 1 aliphatic carbocycles. The van der Waals surface area contributed by atoms with Gasteiger partial charge in [0.1, 0.15) is 12.2 Å². The summed E-state index contributed by atoms with van der Waals surface area (Å²) in [5.41, 5.74) is 5.67. The molecule has 5 nitrogen and oxygen atoms in total. The van der Waals surface area contributed by atoms with Crippen LogP contribution in [0.15, 0.2) is 6.33 Å². The number of hydrogen-bond acceptors (Lipinski definition) is 4. The van der Waals surface area contributed by atoms with Crippen LogP contribution in [0.5, 0.6) is 0 Å². The van der Waals surface area contributed by atoms with Crippen molar-refractivity contribution in [2.75, 3.05) is 6.54 Å². The van der Waals surface area contributed by atoms with Crippen LogP contribution in [0.3, 0.4) is 0 Å². The second kappa shape index (κ2) is 4.51. The van der Waals surface area contributed by atoms with E-state index in [1.807, 2.05) is 11.6 Å². The zero-order chi connectivity index (χ0) is 11.6. The number of aliphatic hydroxyl groups is 1. The first kappa shape index (κ1) is 11.5. The lowest BCUT2D eigenvalue weighted by atomic mass is 9.80. The number of rotatable bonds is 4. The molecular formula is C11H20N4O. The number of nitrogens with two attached hydrogens (primary N) is 1. The third-order valence-corrected chi connectivity index (χ3v) is 3.77. The number of nitrogens with zero attached hydrogens (tertiary/aromatic N) is 3. The van der Waals surface area contributed by atoms with Crippen LogP contribution in [-0.2, 0) is 13.0 Å². The predicted molar refractivity (Wildman–Crippen MR) is 60.7 cm³/mol. The van der Waals surface area contributed by atoms with Crippen molar-refractivity contribution < 1.29 is 5.11 Å². The van der Waals surface area contributed by atoms with E-state index in [1.54, 1.807) is 6.33 Å². The largest absolute Gasteiger partial charge is 0.392 e. The maximum Gasteiger partial charge on any atom is 0.138 e. The predicted octanol–water partition coefficient (Wildman–Crippen LogP) is 0.330. The molecule has 0 saturated heterocycles. The van der Waals surface area contributed by atoms with Crippen molar-refractivity contribution >= 4 is 0 Å². The van der Waals surface area contributed by atoms with Crippen LogP contribution in [0.25, 0.3) is 0 Å². The van der Waals surface area contributed by atoms with E-state index in [-0.39, 0.29) is 11.5 Å². The minimum absolute atomic E-state index is 0.181. The van der Waals surface area contributed by atoms with Gasteiger partial charge in [0.15, 0.2) is 0 Å². The fraction of sp³-hybridized carbons (Fsp3) is 0.818. The zero-order valence-corrected chi connectivity index (χ0v) is 9.76. The van der Waals surface area contributed by atoms with E-state index >= 15 is 0 Å². The smallest absolute Gasteiger partial charge is 0.138 e. The van der Waals surface area contributed by atoms with Gasteiger partial charge in [-0.3, -0.25) is 4.68 Å². The maximum atomic E-state index is 10.1. The Bertz CT molecular complexity index is 352. The Morgan fingerprint density at radius 2 is 2.50 bits per heavy atom. The van der Waals surface area contributed by atoms with E-state index in [2.05, 4.69) is 10.1 Å². The van der Waals surface area contributed by atoms with Crippen molar-refractivity contribution in [2.24, 2.45) is 11.1 Å². The molecule has 0 aromatic carbocycles. The number of aromatic nitrogens is 3. The van der Waals surface area contributed by atoms with E-state index in [0.717, 1.165) is 38.1 Å². The topological polar surface area (TPSA) is 77.0 Å². The van der Waals surface area contributed by atoms with Crippen LogP contribution in [0, 0.1) is 5.41 Å². The van der Waals surface area contributed by atoms with Gasteiger partial charge in [0, 0.05) is 24.9 Å². The van der Waals surface area contributed by atoms with Gasteiger partial charge in [-0.15, -0.1) is 0 Å². The Labute approximate surface area is 95.7 Å². The molecule has 3 N–H and O–H groups in total. The van der Waals surface area contributed by atoms with E-state index in [4.69, 9.17) is 5.73 Å². The van der Waals surface area contributed by atoms with Crippen LogP contribution in [0.1, 0.15) is 32.0 Å². The fourth-order valence-corrected chi connectivity index (χ4v) is 2.64. The minimum Gasteiger partial charge on any atom is -0.392 e. The number of aliphatic hydroxyl groups excluding tert-OH is 1. The van der Waals surface area contributed by atoms with Crippen molar-refractivity contribution in [3.8, 4) is 0 Å². The molecule has 2 rings (SSSR count). The molecule has 0 radical (unpaired) electrons. The molecule has 1 aromatic heterocycles. The lowest BCUT2D eigenvalue weighted by Gasteiger charge is -2.30. The molecule has 1 saturated carbocycles. The van der Waals surface area contributed by atoms with Gasteiger partial charge in [-0.2, -0.15) is 5.10 Å². The first-order chi connectivity index (χ1) is 7.72. The van der Waals surface area contributed by atoms with Gasteiger partial charge < -0.3 is 10.8 Å².